The highest BCUT2D eigenvalue weighted by molar-refractivity contribution is 7.14. The Kier molecular flexibility index (Phi) is 6.40. The van der Waals surface area contributed by atoms with Crippen LogP contribution in [0.4, 0.5) is 9.52 Å². The van der Waals surface area contributed by atoms with E-state index in [0.717, 1.165) is 11.6 Å². The van der Waals surface area contributed by atoms with Gasteiger partial charge in [0, 0.05) is 17.0 Å². The number of methoxy groups -OCH3 is 2. The van der Waals surface area contributed by atoms with Gasteiger partial charge in [-0.05, 0) is 24.3 Å². The number of benzene rings is 2. The minimum Gasteiger partial charge on any atom is -0.497 e. The highest BCUT2D eigenvalue weighted by Gasteiger charge is 2.16. The molecule has 0 fully saturated rings. The van der Waals surface area contributed by atoms with Crippen molar-refractivity contribution in [3.8, 4) is 22.8 Å². The smallest absolute Gasteiger partial charge is 0.341 e. The van der Waals surface area contributed by atoms with Gasteiger partial charge in [-0.1, -0.05) is 12.1 Å². The van der Waals surface area contributed by atoms with Crippen LogP contribution in [0, 0.1) is 5.82 Å². The van der Waals surface area contributed by atoms with Gasteiger partial charge in [0.05, 0.1) is 25.5 Å². The molecular weight excluding hydrogens is 399 g/mol. The molecule has 9 heteroatoms. The van der Waals surface area contributed by atoms with Gasteiger partial charge in [-0.3, -0.25) is 10.1 Å². The largest absolute Gasteiger partial charge is 0.497 e. The molecule has 0 bridgehead atoms. The van der Waals surface area contributed by atoms with Crippen LogP contribution in [0.2, 0.25) is 0 Å². The molecule has 0 unspecified atom stereocenters. The molecule has 0 saturated carbocycles. The number of hydrogen-bond donors (Lipinski definition) is 1. The molecule has 1 heterocycles. The van der Waals surface area contributed by atoms with Crippen LogP contribution in [0.15, 0.2) is 47.8 Å². The van der Waals surface area contributed by atoms with E-state index in [2.05, 4.69) is 10.3 Å². The van der Waals surface area contributed by atoms with Crippen LogP contribution < -0.4 is 14.8 Å². The van der Waals surface area contributed by atoms with Gasteiger partial charge in [-0.15, -0.1) is 11.3 Å². The van der Waals surface area contributed by atoms with E-state index < -0.39 is 24.3 Å². The summed E-state index contributed by atoms with van der Waals surface area (Å²) in [7, 11) is 3.10. The second-order valence-corrected chi connectivity index (χ2v) is 6.57. The van der Waals surface area contributed by atoms with Crippen molar-refractivity contribution in [2.45, 2.75) is 0 Å². The van der Waals surface area contributed by atoms with Crippen LogP contribution in [-0.4, -0.2) is 37.7 Å². The van der Waals surface area contributed by atoms with Crippen molar-refractivity contribution in [1.29, 1.82) is 0 Å². The summed E-state index contributed by atoms with van der Waals surface area (Å²) in [5.74, 6) is -0.994. The summed E-state index contributed by atoms with van der Waals surface area (Å²) < 4.78 is 28.9. The van der Waals surface area contributed by atoms with E-state index in [1.165, 1.54) is 36.6 Å². The number of hydrogen-bond acceptors (Lipinski definition) is 7. The number of esters is 1. The Labute approximate surface area is 170 Å². The summed E-state index contributed by atoms with van der Waals surface area (Å²) in [6.45, 7) is -0.562. The van der Waals surface area contributed by atoms with Crippen molar-refractivity contribution >= 4 is 28.3 Å². The van der Waals surface area contributed by atoms with Crippen LogP contribution in [0.5, 0.6) is 11.5 Å². The fourth-order valence-corrected chi connectivity index (χ4v) is 3.18. The average Bonchev–Trinajstić information content (AvgIpc) is 3.19. The van der Waals surface area contributed by atoms with E-state index >= 15 is 0 Å². The van der Waals surface area contributed by atoms with Crippen molar-refractivity contribution in [3.05, 3.63) is 59.2 Å². The SMILES string of the molecule is COc1ccc(-c2csc(NC(=O)COC(=O)c3ccccc3F)n2)c(OC)c1. The summed E-state index contributed by atoms with van der Waals surface area (Å²) in [5, 5.41) is 4.62. The van der Waals surface area contributed by atoms with Crippen LogP contribution >= 0.6 is 11.3 Å². The van der Waals surface area contributed by atoms with E-state index in [-0.39, 0.29) is 5.56 Å². The third-order valence-corrected chi connectivity index (χ3v) is 4.62. The number of rotatable bonds is 7. The quantitative estimate of drug-likeness (QED) is 0.590. The lowest BCUT2D eigenvalue weighted by Gasteiger charge is -2.08. The molecule has 7 nitrogen and oxygen atoms in total. The molecule has 2 aromatic carbocycles. The lowest BCUT2D eigenvalue weighted by atomic mass is 10.1. The normalized spacial score (nSPS) is 10.3. The van der Waals surface area contributed by atoms with Crippen molar-refractivity contribution in [2.24, 2.45) is 0 Å². The summed E-state index contributed by atoms with van der Waals surface area (Å²) in [5.41, 5.74) is 1.10. The first-order valence-corrected chi connectivity index (χ1v) is 9.29. The van der Waals surface area contributed by atoms with Crippen molar-refractivity contribution < 1.29 is 28.2 Å². The first-order valence-electron chi connectivity index (χ1n) is 8.41. The van der Waals surface area contributed by atoms with Gasteiger partial charge in [0.25, 0.3) is 5.91 Å². The van der Waals surface area contributed by atoms with Gasteiger partial charge in [-0.2, -0.15) is 0 Å². The molecule has 1 aromatic heterocycles. The monoisotopic (exact) mass is 416 g/mol. The predicted octanol–water partition coefficient (Wildman–Crippen LogP) is 3.76. The van der Waals surface area contributed by atoms with E-state index in [0.29, 0.717) is 22.3 Å². The molecule has 3 rings (SSSR count). The maximum absolute atomic E-state index is 13.6. The fourth-order valence-electron chi connectivity index (χ4n) is 2.46. The molecule has 0 saturated heterocycles. The molecule has 0 spiro atoms. The number of carbonyl (C=O) groups excluding carboxylic acids is 2. The molecule has 0 aliphatic heterocycles. The van der Waals surface area contributed by atoms with Crippen LogP contribution in [0.25, 0.3) is 11.3 Å². The van der Waals surface area contributed by atoms with Crippen molar-refractivity contribution in [3.63, 3.8) is 0 Å². The summed E-state index contributed by atoms with van der Waals surface area (Å²) in [4.78, 5) is 28.2. The van der Waals surface area contributed by atoms with E-state index in [9.17, 15) is 14.0 Å². The van der Waals surface area contributed by atoms with Gasteiger partial charge in [-0.25, -0.2) is 14.2 Å². The molecule has 1 N–H and O–H groups in total. The molecule has 1 amide bonds. The Morgan fingerprint density at radius 2 is 1.93 bits per heavy atom. The fraction of sp³-hybridized carbons (Fsp3) is 0.150. The maximum Gasteiger partial charge on any atom is 0.341 e. The number of halogens is 1. The summed E-state index contributed by atoms with van der Waals surface area (Å²) >= 11 is 1.20. The van der Waals surface area contributed by atoms with E-state index in [1.807, 2.05) is 0 Å². The van der Waals surface area contributed by atoms with Crippen LogP contribution in [-0.2, 0) is 9.53 Å². The Morgan fingerprint density at radius 1 is 1.14 bits per heavy atom. The standard InChI is InChI=1S/C20H17FN2O5S/c1-26-12-7-8-14(17(9-12)27-2)16-11-29-20(22-16)23-18(24)10-28-19(25)13-5-3-4-6-15(13)21/h3-9,11H,10H2,1-2H3,(H,22,23,24). The molecule has 150 valence electrons. The number of carbonyl (C=O) groups is 2. The lowest BCUT2D eigenvalue weighted by Crippen LogP contribution is -2.21. The Balaban J connectivity index is 1.62. The number of aromatic nitrogens is 1. The van der Waals surface area contributed by atoms with Crippen molar-refractivity contribution in [1.82, 2.24) is 4.98 Å². The highest BCUT2D eigenvalue weighted by atomic mass is 32.1. The molecule has 0 aliphatic rings. The number of ether oxygens (including phenoxy) is 3. The first-order chi connectivity index (χ1) is 14.0. The number of nitrogens with zero attached hydrogens (tertiary/aromatic N) is 1. The van der Waals surface area contributed by atoms with Gasteiger partial charge in [0.1, 0.15) is 17.3 Å². The molecule has 0 aliphatic carbocycles. The molecule has 0 atom stereocenters. The van der Waals surface area contributed by atoms with Crippen LogP contribution in [0.3, 0.4) is 0 Å². The lowest BCUT2D eigenvalue weighted by molar-refractivity contribution is -0.119. The first kappa shape index (κ1) is 20.3. The third-order valence-electron chi connectivity index (χ3n) is 3.86. The topological polar surface area (TPSA) is 86.8 Å². The third kappa shape index (κ3) is 4.88. The zero-order valence-electron chi connectivity index (χ0n) is 15.6. The number of amides is 1. The predicted molar refractivity (Wildman–Crippen MR) is 106 cm³/mol. The van der Waals surface area contributed by atoms with Crippen LogP contribution in [0.1, 0.15) is 10.4 Å². The second kappa shape index (κ2) is 9.16. The van der Waals surface area contributed by atoms with E-state index in [4.69, 9.17) is 14.2 Å². The van der Waals surface area contributed by atoms with Gasteiger partial charge < -0.3 is 14.2 Å². The van der Waals surface area contributed by atoms with Gasteiger partial charge in [0.2, 0.25) is 0 Å². The minimum absolute atomic E-state index is 0.233. The number of thiazole rings is 1. The van der Waals surface area contributed by atoms with Crippen molar-refractivity contribution in [2.75, 3.05) is 26.1 Å². The Bertz CT molecular complexity index is 1040. The Morgan fingerprint density at radius 3 is 2.66 bits per heavy atom. The second-order valence-electron chi connectivity index (χ2n) is 5.71. The number of anilines is 1. The highest BCUT2D eigenvalue weighted by Crippen LogP contribution is 2.34. The molecule has 3 aromatic rings. The van der Waals surface area contributed by atoms with Gasteiger partial charge >= 0.3 is 5.97 Å². The minimum atomic E-state index is -0.916. The van der Waals surface area contributed by atoms with Gasteiger partial charge in [0.15, 0.2) is 11.7 Å². The van der Waals surface area contributed by atoms with E-state index in [1.54, 1.807) is 30.7 Å². The summed E-state index contributed by atoms with van der Waals surface area (Å²) in [6, 6.07) is 10.7. The molecule has 29 heavy (non-hydrogen) atoms. The Hall–Kier alpha value is -3.46. The molecular formula is C20H17FN2O5S. The average molecular weight is 416 g/mol. The molecule has 0 radical (unpaired) electrons. The summed E-state index contributed by atoms with van der Waals surface area (Å²) in [6.07, 6.45) is 0. The zero-order chi connectivity index (χ0) is 20.8. The maximum atomic E-state index is 13.6. The number of nitrogens with one attached hydrogen (secondary N) is 1. The zero-order valence-corrected chi connectivity index (χ0v) is 16.4.